The SMILES string of the molecule is CCCNC(=O)CN(C)C(=O)CSc1nnc(-c2ccc(C(C)(C)C)cc2)o1. The molecule has 2 rings (SSSR count). The fraction of sp³-hybridized carbons (Fsp3) is 0.500. The van der Waals surface area contributed by atoms with Crippen molar-refractivity contribution in [2.75, 3.05) is 25.9 Å². The highest BCUT2D eigenvalue weighted by molar-refractivity contribution is 7.99. The molecule has 1 heterocycles. The van der Waals surface area contributed by atoms with Crippen LogP contribution in [0.15, 0.2) is 33.9 Å². The molecule has 7 nitrogen and oxygen atoms in total. The molecule has 28 heavy (non-hydrogen) atoms. The summed E-state index contributed by atoms with van der Waals surface area (Å²) < 4.78 is 5.65. The van der Waals surface area contributed by atoms with Crippen molar-refractivity contribution >= 4 is 23.6 Å². The van der Waals surface area contributed by atoms with E-state index in [1.165, 1.54) is 10.5 Å². The van der Waals surface area contributed by atoms with Crippen molar-refractivity contribution in [3.8, 4) is 11.5 Å². The van der Waals surface area contributed by atoms with Crippen LogP contribution in [0.3, 0.4) is 0 Å². The monoisotopic (exact) mass is 404 g/mol. The number of aromatic nitrogens is 2. The van der Waals surface area contributed by atoms with E-state index >= 15 is 0 Å². The average molecular weight is 405 g/mol. The first-order chi connectivity index (χ1) is 13.2. The standard InChI is InChI=1S/C20H28N4O3S/c1-6-11-21-16(25)12-24(5)17(26)13-28-19-23-22-18(27-19)14-7-9-15(10-8-14)20(2,3)4/h7-10H,6,11-13H2,1-5H3,(H,21,25). The van der Waals surface area contributed by atoms with Gasteiger partial charge in [0, 0.05) is 19.2 Å². The molecule has 0 saturated heterocycles. The Morgan fingerprint density at radius 1 is 1.18 bits per heavy atom. The predicted molar refractivity (Wildman–Crippen MR) is 110 cm³/mol. The lowest BCUT2D eigenvalue weighted by atomic mass is 9.87. The van der Waals surface area contributed by atoms with E-state index in [0.717, 1.165) is 23.7 Å². The summed E-state index contributed by atoms with van der Waals surface area (Å²) in [4.78, 5) is 25.2. The molecule has 1 N–H and O–H groups in total. The lowest BCUT2D eigenvalue weighted by molar-refractivity contribution is -0.132. The maximum absolute atomic E-state index is 12.2. The summed E-state index contributed by atoms with van der Waals surface area (Å²) in [6.45, 7) is 9.09. The quantitative estimate of drug-likeness (QED) is 0.680. The summed E-state index contributed by atoms with van der Waals surface area (Å²) in [6.07, 6.45) is 0.859. The van der Waals surface area contributed by atoms with Crippen LogP contribution in [0.2, 0.25) is 0 Å². The number of carbonyl (C=O) groups excluding carboxylic acids is 2. The molecule has 2 amide bonds. The van der Waals surface area contributed by atoms with E-state index in [-0.39, 0.29) is 29.5 Å². The minimum Gasteiger partial charge on any atom is -0.411 e. The second-order valence-electron chi connectivity index (χ2n) is 7.59. The Bertz CT molecular complexity index is 797. The summed E-state index contributed by atoms with van der Waals surface area (Å²) in [5, 5.41) is 11.1. The number of hydrogen-bond acceptors (Lipinski definition) is 6. The van der Waals surface area contributed by atoms with E-state index in [1.807, 2.05) is 19.1 Å². The smallest absolute Gasteiger partial charge is 0.277 e. The van der Waals surface area contributed by atoms with Crippen LogP contribution >= 0.6 is 11.8 Å². The zero-order valence-electron chi connectivity index (χ0n) is 17.1. The number of hydrogen-bond donors (Lipinski definition) is 1. The average Bonchev–Trinajstić information content (AvgIpc) is 3.12. The Kier molecular flexibility index (Phi) is 7.62. The van der Waals surface area contributed by atoms with E-state index in [2.05, 4.69) is 48.4 Å². The van der Waals surface area contributed by atoms with Gasteiger partial charge in [-0.15, -0.1) is 10.2 Å². The van der Waals surface area contributed by atoms with Gasteiger partial charge in [0.25, 0.3) is 5.22 Å². The van der Waals surface area contributed by atoms with Crippen molar-refractivity contribution in [2.24, 2.45) is 0 Å². The maximum atomic E-state index is 12.2. The minimum absolute atomic E-state index is 0.0363. The van der Waals surface area contributed by atoms with Gasteiger partial charge in [0.1, 0.15) is 0 Å². The van der Waals surface area contributed by atoms with Gasteiger partial charge in [-0.05, 0) is 29.5 Å². The van der Waals surface area contributed by atoms with Gasteiger partial charge in [0.2, 0.25) is 17.7 Å². The molecule has 0 fully saturated rings. The lowest BCUT2D eigenvalue weighted by Crippen LogP contribution is -2.39. The molecular formula is C20H28N4O3S. The molecule has 1 aromatic heterocycles. The Hall–Kier alpha value is -2.35. The zero-order valence-corrected chi connectivity index (χ0v) is 17.9. The summed E-state index contributed by atoms with van der Waals surface area (Å²) in [6, 6.07) is 8.01. The second kappa shape index (κ2) is 9.73. The molecule has 2 aromatic rings. The van der Waals surface area contributed by atoms with E-state index in [0.29, 0.717) is 17.7 Å². The zero-order chi connectivity index (χ0) is 20.7. The summed E-state index contributed by atoms with van der Waals surface area (Å²) >= 11 is 1.16. The molecule has 0 saturated carbocycles. The fourth-order valence-corrected chi connectivity index (χ4v) is 3.06. The molecule has 0 atom stereocenters. The molecule has 152 valence electrons. The van der Waals surface area contributed by atoms with E-state index in [1.54, 1.807) is 7.05 Å². The van der Waals surface area contributed by atoms with Crippen LogP contribution in [0, 0.1) is 0 Å². The lowest BCUT2D eigenvalue weighted by Gasteiger charge is -2.18. The van der Waals surface area contributed by atoms with Crippen LogP contribution in [0.4, 0.5) is 0 Å². The number of rotatable bonds is 8. The van der Waals surface area contributed by atoms with E-state index < -0.39 is 0 Å². The van der Waals surface area contributed by atoms with Crippen molar-refractivity contribution in [1.29, 1.82) is 0 Å². The van der Waals surface area contributed by atoms with Crippen LogP contribution < -0.4 is 5.32 Å². The normalized spacial score (nSPS) is 11.3. The molecular weight excluding hydrogens is 376 g/mol. The second-order valence-corrected chi connectivity index (χ2v) is 8.52. The molecule has 0 bridgehead atoms. The number of benzene rings is 1. The Morgan fingerprint density at radius 2 is 1.86 bits per heavy atom. The summed E-state index contributed by atoms with van der Waals surface area (Å²) in [5.74, 6) is 0.206. The van der Waals surface area contributed by atoms with E-state index in [4.69, 9.17) is 4.42 Å². The Morgan fingerprint density at radius 3 is 2.46 bits per heavy atom. The molecule has 0 aliphatic heterocycles. The first-order valence-corrected chi connectivity index (χ1v) is 10.3. The van der Waals surface area contributed by atoms with Crippen molar-refractivity contribution in [1.82, 2.24) is 20.4 Å². The molecule has 0 unspecified atom stereocenters. The van der Waals surface area contributed by atoms with E-state index in [9.17, 15) is 9.59 Å². The molecule has 0 aliphatic rings. The van der Waals surface area contributed by atoms with Crippen LogP contribution in [0.1, 0.15) is 39.7 Å². The third kappa shape index (κ3) is 6.37. The number of nitrogens with zero attached hydrogens (tertiary/aromatic N) is 3. The number of thioether (sulfide) groups is 1. The third-order valence-electron chi connectivity index (χ3n) is 4.10. The van der Waals surface area contributed by atoms with Crippen molar-refractivity contribution in [2.45, 2.75) is 44.8 Å². The van der Waals surface area contributed by atoms with Crippen LogP contribution in [0.5, 0.6) is 0 Å². The van der Waals surface area contributed by atoms with Crippen LogP contribution in [0.25, 0.3) is 11.5 Å². The highest BCUT2D eigenvalue weighted by Gasteiger charge is 2.17. The van der Waals surface area contributed by atoms with Gasteiger partial charge in [-0.3, -0.25) is 9.59 Å². The topological polar surface area (TPSA) is 88.3 Å². The molecule has 0 radical (unpaired) electrons. The van der Waals surface area contributed by atoms with Gasteiger partial charge in [-0.25, -0.2) is 0 Å². The Labute approximate surface area is 170 Å². The van der Waals surface area contributed by atoms with Gasteiger partial charge in [0.15, 0.2) is 0 Å². The van der Waals surface area contributed by atoms with Gasteiger partial charge in [-0.2, -0.15) is 0 Å². The molecule has 8 heteroatoms. The third-order valence-corrected chi connectivity index (χ3v) is 4.91. The highest BCUT2D eigenvalue weighted by Crippen LogP contribution is 2.27. The predicted octanol–water partition coefficient (Wildman–Crippen LogP) is 3.11. The fourth-order valence-electron chi connectivity index (χ4n) is 2.36. The number of likely N-dealkylation sites (N-methyl/N-ethyl adjacent to an activating group) is 1. The molecule has 0 spiro atoms. The minimum atomic E-state index is -0.175. The van der Waals surface area contributed by atoms with Gasteiger partial charge >= 0.3 is 0 Å². The van der Waals surface area contributed by atoms with Gasteiger partial charge in [-0.1, -0.05) is 51.6 Å². The van der Waals surface area contributed by atoms with Gasteiger partial charge < -0.3 is 14.6 Å². The Balaban J connectivity index is 1.89. The van der Waals surface area contributed by atoms with Crippen molar-refractivity contribution in [3.05, 3.63) is 29.8 Å². The van der Waals surface area contributed by atoms with Crippen LogP contribution in [-0.2, 0) is 15.0 Å². The summed E-state index contributed by atoms with van der Waals surface area (Å²) in [5.41, 5.74) is 2.14. The first kappa shape index (κ1) is 21.9. The van der Waals surface area contributed by atoms with Gasteiger partial charge in [0.05, 0.1) is 12.3 Å². The first-order valence-electron chi connectivity index (χ1n) is 9.28. The number of amides is 2. The number of nitrogens with one attached hydrogen (secondary N) is 1. The highest BCUT2D eigenvalue weighted by atomic mass is 32.2. The van der Waals surface area contributed by atoms with Crippen molar-refractivity contribution in [3.63, 3.8) is 0 Å². The van der Waals surface area contributed by atoms with Crippen molar-refractivity contribution < 1.29 is 14.0 Å². The molecule has 0 aliphatic carbocycles. The maximum Gasteiger partial charge on any atom is 0.277 e. The van der Waals surface area contributed by atoms with Crippen LogP contribution in [-0.4, -0.2) is 52.8 Å². The molecule has 1 aromatic carbocycles. The summed E-state index contributed by atoms with van der Waals surface area (Å²) in [7, 11) is 1.60. The largest absolute Gasteiger partial charge is 0.411 e. The number of carbonyl (C=O) groups is 2.